The average Bonchev–Trinajstić information content (AvgIpc) is 2.58. The molecule has 1 atom stereocenters. The molecule has 1 aromatic rings. The Balaban J connectivity index is 2.26. The zero-order valence-corrected chi connectivity index (χ0v) is 15.4. The van der Waals surface area contributed by atoms with Crippen molar-refractivity contribution in [2.75, 3.05) is 14.2 Å². The minimum atomic E-state index is -0.627. The number of benzene rings is 1. The first-order valence-corrected chi connectivity index (χ1v) is 8.37. The van der Waals surface area contributed by atoms with Gasteiger partial charge >= 0.3 is 0 Å². The molecule has 3 rings (SSSR count). The second-order valence-electron chi connectivity index (χ2n) is 7.29. The summed E-state index contributed by atoms with van der Waals surface area (Å²) in [7, 11) is 3.07. The van der Waals surface area contributed by atoms with Gasteiger partial charge in [-0.3, -0.25) is 4.79 Å². The number of ketones is 1. The van der Waals surface area contributed by atoms with E-state index in [1.54, 1.807) is 19.2 Å². The van der Waals surface area contributed by atoms with Crippen molar-refractivity contribution < 1.29 is 19.0 Å². The Kier molecular flexibility index (Phi) is 4.41. The van der Waals surface area contributed by atoms with E-state index >= 15 is 0 Å². The molecule has 0 radical (unpaired) electrons. The number of nitriles is 1. The lowest BCUT2D eigenvalue weighted by Crippen LogP contribution is -2.33. The fraction of sp³-hybridized carbons (Fsp3) is 0.400. The van der Waals surface area contributed by atoms with Crippen LogP contribution in [0.25, 0.3) is 0 Å². The van der Waals surface area contributed by atoms with Gasteiger partial charge in [0.05, 0.1) is 20.1 Å². The Bertz CT molecular complexity index is 874. The molecule has 0 aromatic heterocycles. The topological polar surface area (TPSA) is 94.6 Å². The molecule has 0 bridgehead atoms. The molecule has 0 saturated heterocycles. The fourth-order valence-corrected chi connectivity index (χ4v) is 3.74. The second-order valence-corrected chi connectivity index (χ2v) is 7.29. The van der Waals surface area contributed by atoms with E-state index in [-0.39, 0.29) is 22.7 Å². The van der Waals surface area contributed by atoms with E-state index in [4.69, 9.17) is 19.9 Å². The van der Waals surface area contributed by atoms with Gasteiger partial charge in [-0.2, -0.15) is 5.26 Å². The van der Waals surface area contributed by atoms with Gasteiger partial charge in [0, 0.05) is 24.0 Å². The van der Waals surface area contributed by atoms with Crippen LogP contribution in [0.3, 0.4) is 0 Å². The summed E-state index contributed by atoms with van der Waals surface area (Å²) in [5.74, 6) is 0.915. The number of para-hydroxylation sites is 1. The summed E-state index contributed by atoms with van der Waals surface area (Å²) in [6.07, 6.45) is 0.965. The molecule has 6 heteroatoms. The van der Waals surface area contributed by atoms with Crippen LogP contribution in [-0.2, 0) is 9.53 Å². The molecule has 6 nitrogen and oxygen atoms in total. The highest BCUT2D eigenvalue weighted by atomic mass is 16.5. The van der Waals surface area contributed by atoms with E-state index in [1.165, 1.54) is 7.11 Å². The third-order valence-electron chi connectivity index (χ3n) is 4.82. The highest BCUT2D eigenvalue weighted by molar-refractivity contribution is 6.00. The number of nitrogens with zero attached hydrogens (tertiary/aromatic N) is 1. The molecule has 0 spiro atoms. The van der Waals surface area contributed by atoms with E-state index in [0.717, 1.165) is 0 Å². The number of nitrogens with two attached hydrogens (primary N) is 1. The van der Waals surface area contributed by atoms with Crippen LogP contribution in [0.1, 0.15) is 38.2 Å². The van der Waals surface area contributed by atoms with Gasteiger partial charge in [-0.25, -0.2) is 0 Å². The molecule has 2 N–H and O–H groups in total. The van der Waals surface area contributed by atoms with Crippen LogP contribution in [0.15, 0.2) is 41.0 Å². The number of methoxy groups -OCH3 is 2. The van der Waals surface area contributed by atoms with Crippen molar-refractivity contribution in [1.29, 1.82) is 5.26 Å². The lowest BCUT2D eigenvalue weighted by Gasteiger charge is -2.37. The Morgan fingerprint density at radius 2 is 2.00 bits per heavy atom. The number of hydrogen-bond donors (Lipinski definition) is 1. The first-order valence-electron chi connectivity index (χ1n) is 8.37. The van der Waals surface area contributed by atoms with E-state index < -0.39 is 5.92 Å². The quantitative estimate of drug-likeness (QED) is 0.896. The summed E-state index contributed by atoms with van der Waals surface area (Å²) >= 11 is 0. The lowest BCUT2D eigenvalue weighted by molar-refractivity contribution is -0.119. The van der Waals surface area contributed by atoms with Gasteiger partial charge in [0.15, 0.2) is 17.3 Å². The molecule has 1 aliphatic carbocycles. The van der Waals surface area contributed by atoms with Crippen molar-refractivity contribution in [1.82, 2.24) is 0 Å². The summed E-state index contributed by atoms with van der Waals surface area (Å²) in [6, 6.07) is 7.50. The van der Waals surface area contributed by atoms with Crippen molar-refractivity contribution in [2.45, 2.75) is 32.6 Å². The molecule has 26 heavy (non-hydrogen) atoms. The van der Waals surface area contributed by atoms with Crippen LogP contribution < -0.4 is 15.2 Å². The first kappa shape index (κ1) is 17.9. The molecule has 0 fully saturated rings. The summed E-state index contributed by atoms with van der Waals surface area (Å²) in [5, 5.41) is 9.69. The van der Waals surface area contributed by atoms with Crippen LogP contribution in [0, 0.1) is 16.7 Å². The zero-order valence-electron chi connectivity index (χ0n) is 15.4. The number of carbonyl (C=O) groups is 1. The van der Waals surface area contributed by atoms with E-state index in [2.05, 4.69) is 6.07 Å². The SMILES string of the molecule is COc1cccc(C2C(C#N)=C(N)OC3=C2C(=O)CC(C)(C)C3)c1OC. The number of allylic oxidation sites excluding steroid dienone is 3. The molecule has 1 aromatic carbocycles. The maximum absolute atomic E-state index is 13.0. The smallest absolute Gasteiger partial charge is 0.205 e. The van der Waals surface area contributed by atoms with Gasteiger partial charge < -0.3 is 19.9 Å². The van der Waals surface area contributed by atoms with E-state index in [9.17, 15) is 10.1 Å². The van der Waals surface area contributed by atoms with Crippen LogP contribution in [0.5, 0.6) is 11.5 Å². The van der Waals surface area contributed by atoms with Crippen molar-refractivity contribution in [3.8, 4) is 17.6 Å². The number of hydrogen-bond acceptors (Lipinski definition) is 6. The molecule has 2 aliphatic rings. The third-order valence-corrected chi connectivity index (χ3v) is 4.82. The third kappa shape index (κ3) is 2.80. The molecule has 1 aliphatic heterocycles. The highest BCUT2D eigenvalue weighted by Gasteiger charge is 2.44. The summed E-state index contributed by atoms with van der Waals surface area (Å²) in [6.45, 7) is 4.03. The zero-order chi connectivity index (χ0) is 19.1. The highest BCUT2D eigenvalue weighted by Crippen LogP contribution is 2.50. The monoisotopic (exact) mass is 354 g/mol. The average molecular weight is 354 g/mol. The van der Waals surface area contributed by atoms with Crippen LogP contribution in [0.2, 0.25) is 0 Å². The molecule has 0 saturated carbocycles. The predicted molar refractivity (Wildman–Crippen MR) is 95.2 cm³/mol. The van der Waals surface area contributed by atoms with Gasteiger partial charge in [0.25, 0.3) is 0 Å². The Hall–Kier alpha value is -2.94. The maximum atomic E-state index is 13.0. The first-order chi connectivity index (χ1) is 12.3. The normalized spacial score (nSPS) is 21.7. The molecule has 1 unspecified atom stereocenters. The maximum Gasteiger partial charge on any atom is 0.205 e. The van der Waals surface area contributed by atoms with Crippen molar-refractivity contribution >= 4 is 5.78 Å². The number of carbonyl (C=O) groups excluding carboxylic acids is 1. The Morgan fingerprint density at radius 1 is 1.27 bits per heavy atom. The van der Waals surface area contributed by atoms with E-state index in [0.29, 0.717) is 41.2 Å². The molecule has 136 valence electrons. The molecule has 1 heterocycles. The van der Waals surface area contributed by atoms with Crippen molar-refractivity contribution in [3.05, 3.63) is 46.6 Å². The van der Waals surface area contributed by atoms with Gasteiger partial charge in [-0.15, -0.1) is 0 Å². The van der Waals surface area contributed by atoms with Gasteiger partial charge in [0.2, 0.25) is 5.88 Å². The lowest BCUT2D eigenvalue weighted by atomic mass is 9.70. The Morgan fingerprint density at radius 3 is 2.62 bits per heavy atom. The van der Waals surface area contributed by atoms with Crippen LogP contribution >= 0.6 is 0 Å². The van der Waals surface area contributed by atoms with Crippen LogP contribution in [-0.4, -0.2) is 20.0 Å². The molecular weight excluding hydrogens is 332 g/mol. The standard InChI is InChI=1S/C20H22N2O4/c1-20(2)8-13(23)17-15(9-20)26-19(22)12(10-21)16(17)11-6-5-7-14(24-3)18(11)25-4/h5-7,16H,8-9,22H2,1-4H3. The molecular formula is C20H22N2O4. The van der Waals surface area contributed by atoms with Gasteiger partial charge in [-0.05, 0) is 11.5 Å². The number of ether oxygens (including phenoxy) is 3. The Labute approximate surface area is 152 Å². The second kappa shape index (κ2) is 6.41. The van der Waals surface area contributed by atoms with Crippen molar-refractivity contribution in [2.24, 2.45) is 11.1 Å². The van der Waals surface area contributed by atoms with E-state index in [1.807, 2.05) is 19.9 Å². The van der Waals surface area contributed by atoms with Crippen LogP contribution in [0.4, 0.5) is 0 Å². The fourth-order valence-electron chi connectivity index (χ4n) is 3.74. The predicted octanol–water partition coefficient (Wildman–Crippen LogP) is 3.15. The number of Topliss-reactive ketones (excluding diaryl/α,β-unsaturated/α-hetero) is 1. The summed E-state index contributed by atoms with van der Waals surface area (Å²) in [4.78, 5) is 13.0. The minimum Gasteiger partial charge on any atom is -0.493 e. The minimum absolute atomic E-state index is 0.0339. The molecule has 0 amide bonds. The van der Waals surface area contributed by atoms with Gasteiger partial charge in [0.1, 0.15) is 17.4 Å². The summed E-state index contributed by atoms with van der Waals surface area (Å²) in [5.41, 5.74) is 7.18. The summed E-state index contributed by atoms with van der Waals surface area (Å²) < 4.78 is 16.6. The van der Waals surface area contributed by atoms with Crippen molar-refractivity contribution in [3.63, 3.8) is 0 Å². The largest absolute Gasteiger partial charge is 0.493 e. The number of rotatable bonds is 3. The van der Waals surface area contributed by atoms with Gasteiger partial charge in [-0.1, -0.05) is 26.0 Å².